The molecule has 0 radical (unpaired) electrons. The molecule has 0 aliphatic carbocycles. The van der Waals surface area contributed by atoms with Gasteiger partial charge in [-0.1, -0.05) is 36.3 Å². The average molecular weight is 547 g/mol. The number of hydrogen-bond acceptors (Lipinski definition) is 5. The molecule has 1 amide bonds. The van der Waals surface area contributed by atoms with Crippen molar-refractivity contribution in [2.75, 3.05) is 16.3 Å². The normalized spacial score (nSPS) is 11.7. The fourth-order valence-electron chi connectivity index (χ4n) is 3.27. The molecule has 0 atom stereocenters. The van der Waals surface area contributed by atoms with Gasteiger partial charge in [0.15, 0.2) is 0 Å². The van der Waals surface area contributed by atoms with Gasteiger partial charge in [0.05, 0.1) is 17.5 Å². The number of benzene rings is 2. The van der Waals surface area contributed by atoms with Crippen LogP contribution in [0.25, 0.3) is 6.08 Å². The van der Waals surface area contributed by atoms with E-state index in [2.05, 4.69) is 21.5 Å². The molecule has 3 aromatic rings. The molecule has 0 bridgehead atoms. The number of sulfonamides is 1. The number of halogens is 4. The lowest BCUT2D eigenvalue weighted by molar-refractivity contribution is -0.141. The summed E-state index contributed by atoms with van der Waals surface area (Å²) in [6, 6.07) is 13.3. The molecule has 38 heavy (non-hydrogen) atoms. The summed E-state index contributed by atoms with van der Waals surface area (Å²) in [5, 5.41) is 5.37. The number of amides is 1. The smallest absolute Gasteiger partial charge is 0.365 e. The number of carbonyl (C=O) groups is 1. The lowest BCUT2D eigenvalue weighted by Gasteiger charge is -2.13. The first-order valence-corrected chi connectivity index (χ1v) is 12.8. The standard InChI is InChI=1S/C26H22F4N4O3S/c1-3-19-13-18(14-21(27)24(19)34-38(2,36)37)16-31-23(35)12-10-20-9-11-22(26(28,29)30)33-25(20)32-15-17-7-5-4-6-8-17/h1,4-14,34H,15-16H2,2H3,(H,31,35)(H,32,33)/b12-10+. The van der Waals surface area contributed by atoms with E-state index in [1.54, 1.807) is 30.3 Å². The van der Waals surface area contributed by atoms with Crippen LogP contribution in [0.1, 0.15) is 27.9 Å². The zero-order valence-electron chi connectivity index (χ0n) is 19.9. The number of nitrogens with zero attached hydrogens (tertiary/aromatic N) is 1. The largest absolute Gasteiger partial charge is 0.433 e. The Kier molecular flexibility index (Phi) is 8.75. The second-order valence-electron chi connectivity index (χ2n) is 8.04. The SMILES string of the molecule is C#Cc1cc(CNC(=O)/C=C/c2ccc(C(F)(F)F)nc2NCc2ccccc2)cc(F)c1NS(C)(=O)=O. The molecule has 0 fully saturated rings. The Balaban J connectivity index is 1.74. The molecule has 0 saturated carbocycles. The molecule has 0 aliphatic rings. The zero-order valence-corrected chi connectivity index (χ0v) is 20.8. The summed E-state index contributed by atoms with van der Waals surface area (Å²) in [6.45, 7) is 0.0494. The molecule has 0 spiro atoms. The molecule has 1 aromatic heterocycles. The average Bonchev–Trinajstić information content (AvgIpc) is 2.85. The van der Waals surface area contributed by atoms with Crippen LogP contribution in [0.4, 0.5) is 29.1 Å². The summed E-state index contributed by atoms with van der Waals surface area (Å²) in [7, 11) is -3.78. The van der Waals surface area contributed by atoms with Crippen LogP contribution in [0.3, 0.4) is 0 Å². The fraction of sp³-hybridized carbons (Fsp3) is 0.154. The minimum absolute atomic E-state index is 0.0554. The number of hydrogen-bond donors (Lipinski definition) is 3. The van der Waals surface area contributed by atoms with Crippen LogP contribution in [0.2, 0.25) is 0 Å². The van der Waals surface area contributed by atoms with Crippen molar-refractivity contribution in [1.82, 2.24) is 10.3 Å². The molecule has 2 aromatic carbocycles. The Bertz CT molecular complexity index is 1500. The number of terminal acetylenes is 1. The van der Waals surface area contributed by atoms with Gasteiger partial charge in [-0.25, -0.2) is 17.8 Å². The molecule has 3 N–H and O–H groups in total. The molecule has 12 heteroatoms. The van der Waals surface area contributed by atoms with Gasteiger partial charge < -0.3 is 10.6 Å². The summed E-state index contributed by atoms with van der Waals surface area (Å²) in [5.41, 5.74) is -0.209. The van der Waals surface area contributed by atoms with E-state index in [-0.39, 0.29) is 41.3 Å². The van der Waals surface area contributed by atoms with Crippen LogP contribution in [-0.4, -0.2) is 25.6 Å². The minimum Gasteiger partial charge on any atom is -0.365 e. The second-order valence-corrected chi connectivity index (χ2v) is 9.79. The summed E-state index contributed by atoms with van der Waals surface area (Å²) in [5.74, 6) is 0.578. The van der Waals surface area contributed by atoms with Gasteiger partial charge in [-0.3, -0.25) is 9.52 Å². The summed E-state index contributed by atoms with van der Waals surface area (Å²) < 4.78 is 78.9. The first-order valence-electron chi connectivity index (χ1n) is 10.9. The monoisotopic (exact) mass is 546 g/mol. The maximum atomic E-state index is 14.4. The molecular formula is C26H22F4N4O3S. The summed E-state index contributed by atoms with van der Waals surface area (Å²) >= 11 is 0. The predicted molar refractivity (Wildman–Crippen MR) is 137 cm³/mol. The first-order chi connectivity index (χ1) is 17.9. The number of carbonyl (C=O) groups excluding carboxylic acids is 1. The van der Waals surface area contributed by atoms with Crippen LogP contribution in [-0.2, 0) is 34.1 Å². The number of aromatic nitrogens is 1. The second kappa shape index (κ2) is 11.8. The van der Waals surface area contributed by atoms with Crippen molar-refractivity contribution in [2.24, 2.45) is 0 Å². The Hall–Kier alpha value is -4.37. The van der Waals surface area contributed by atoms with Crippen molar-refractivity contribution < 1.29 is 30.8 Å². The van der Waals surface area contributed by atoms with Crippen LogP contribution < -0.4 is 15.4 Å². The van der Waals surface area contributed by atoms with Gasteiger partial charge in [-0.15, -0.1) is 6.42 Å². The lowest BCUT2D eigenvalue weighted by atomic mass is 10.1. The van der Waals surface area contributed by atoms with E-state index in [0.717, 1.165) is 30.0 Å². The highest BCUT2D eigenvalue weighted by atomic mass is 32.2. The predicted octanol–water partition coefficient (Wildman–Crippen LogP) is 4.53. The van der Waals surface area contributed by atoms with Crippen LogP contribution >= 0.6 is 0 Å². The van der Waals surface area contributed by atoms with Crippen LogP contribution in [0.5, 0.6) is 0 Å². The first kappa shape index (κ1) is 28.2. The van der Waals surface area contributed by atoms with Crippen LogP contribution in [0, 0.1) is 18.2 Å². The van der Waals surface area contributed by atoms with E-state index in [4.69, 9.17) is 6.42 Å². The van der Waals surface area contributed by atoms with Crippen LogP contribution in [0.15, 0.2) is 60.7 Å². The molecule has 198 valence electrons. The maximum absolute atomic E-state index is 14.4. The fourth-order valence-corrected chi connectivity index (χ4v) is 3.85. The topological polar surface area (TPSA) is 100 Å². The third-order valence-electron chi connectivity index (χ3n) is 4.99. The lowest BCUT2D eigenvalue weighted by Crippen LogP contribution is -2.21. The highest BCUT2D eigenvalue weighted by molar-refractivity contribution is 7.92. The van der Waals surface area contributed by atoms with E-state index < -0.39 is 33.6 Å². The van der Waals surface area contributed by atoms with Crippen molar-refractivity contribution >= 4 is 33.5 Å². The van der Waals surface area contributed by atoms with E-state index >= 15 is 0 Å². The number of rotatable bonds is 9. The quantitative estimate of drug-likeness (QED) is 0.208. The highest BCUT2D eigenvalue weighted by Gasteiger charge is 2.33. The molecule has 1 heterocycles. The molecule has 0 unspecified atom stereocenters. The maximum Gasteiger partial charge on any atom is 0.433 e. The van der Waals surface area contributed by atoms with E-state index in [0.29, 0.717) is 0 Å². The van der Waals surface area contributed by atoms with Crippen molar-refractivity contribution in [1.29, 1.82) is 0 Å². The number of pyridine rings is 1. The Morgan fingerprint density at radius 1 is 1.08 bits per heavy atom. The van der Waals surface area contributed by atoms with Gasteiger partial charge in [-0.05, 0) is 41.5 Å². The molecule has 0 saturated heterocycles. The van der Waals surface area contributed by atoms with Gasteiger partial charge in [0, 0.05) is 24.7 Å². The Labute approximate surface area is 217 Å². The van der Waals surface area contributed by atoms with Gasteiger partial charge in [0.25, 0.3) is 0 Å². The zero-order chi connectivity index (χ0) is 27.9. The summed E-state index contributed by atoms with van der Waals surface area (Å²) in [6.07, 6.45) is 3.94. The highest BCUT2D eigenvalue weighted by Crippen LogP contribution is 2.30. The third-order valence-corrected chi connectivity index (χ3v) is 5.57. The number of nitrogens with one attached hydrogen (secondary N) is 3. The van der Waals surface area contributed by atoms with Gasteiger partial charge in [-0.2, -0.15) is 13.2 Å². The van der Waals surface area contributed by atoms with E-state index in [9.17, 15) is 30.8 Å². The minimum atomic E-state index is -4.65. The Morgan fingerprint density at radius 2 is 1.79 bits per heavy atom. The molecular weight excluding hydrogens is 524 g/mol. The van der Waals surface area contributed by atoms with Crippen molar-refractivity contribution in [2.45, 2.75) is 19.3 Å². The Morgan fingerprint density at radius 3 is 2.42 bits per heavy atom. The van der Waals surface area contributed by atoms with Crippen molar-refractivity contribution in [3.63, 3.8) is 0 Å². The van der Waals surface area contributed by atoms with Crippen molar-refractivity contribution in [3.8, 4) is 12.3 Å². The molecule has 7 nitrogen and oxygen atoms in total. The molecule has 0 aliphatic heterocycles. The third kappa shape index (κ3) is 8.07. The number of alkyl halides is 3. The van der Waals surface area contributed by atoms with Gasteiger partial charge >= 0.3 is 6.18 Å². The van der Waals surface area contributed by atoms with E-state index in [1.165, 1.54) is 18.2 Å². The van der Waals surface area contributed by atoms with Crippen molar-refractivity contribution in [3.05, 3.63) is 94.4 Å². The van der Waals surface area contributed by atoms with Gasteiger partial charge in [0.1, 0.15) is 17.3 Å². The number of anilines is 2. The van der Waals surface area contributed by atoms with Gasteiger partial charge in [0.2, 0.25) is 15.9 Å². The molecule has 3 rings (SSSR count). The van der Waals surface area contributed by atoms with E-state index in [1.807, 2.05) is 4.72 Å². The summed E-state index contributed by atoms with van der Waals surface area (Å²) in [4.78, 5) is 16.0.